The summed E-state index contributed by atoms with van der Waals surface area (Å²) in [6.45, 7) is 6.49. The van der Waals surface area contributed by atoms with Gasteiger partial charge in [-0.15, -0.1) is 0 Å². The maximum Gasteiger partial charge on any atom is 0.306 e. The highest BCUT2D eigenvalue weighted by Crippen LogP contribution is 2.16. The molecule has 0 saturated carbocycles. The Morgan fingerprint density at radius 2 is 0.639 bits per heavy atom. The van der Waals surface area contributed by atoms with Gasteiger partial charge in [0.15, 0.2) is 6.10 Å². The predicted octanol–water partition coefficient (Wildman–Crippen LogP) is 17.1. The molecule has 0 fully saturated rings. The van der Waals surface area contributed by atoms with Crippen molar-refractivity contribution in [3.8, 4) is 0 Å². The molecule has 0 rings (SSSR count). The number of hydrogen-bond acceptors (Lipinski definition) is 6. The number of carbonyl (C=O) groups is 3. The number of ether oxygens (including phenoxy) is 3. The molecule has 0 aromatic heterocycles. The van der Waals surface area contributed by atoms with Gasteiger partial charge in [0, 0.05) is 19.3 Å². The minimum Gasteiger partial charge on any atom is -0.462 e. The van der Waals surface area contributed by atoms with Crippen LogP contribution in [0.2, 0.25) is 0 Å². The first kappa shape index (κ1) is 58.4. The SMILES string of the molecule is CC/C=C\C/C=C\C/C=C\CCCCC(=O)OCC(COC(=O)CCCCCCCCCCCCCCCCCCCC)OC(=O)CCCCC/C=C\CCCCCCCC. The van der Waals surface area contributed by atoms with E-state index in [0.29, 0.717) is 19.3 Å². The zero-order valence-electron chi connectivity index (χ0n) is 40.4. The van der Waals surface area contributed by atoms with E-state index >= 15 is 0 Å². The van der Waals surface area contributed by atoms with Crippen molar-refractivity contribution in [3.63, 3.8) is 0 Å². The summed E-state index contributed by atoms with van der Waals surface area (Å²) < 4.78 is 16.7. The number of esters is 3. The fourth-order valence-electron chi connectivity index (χ4n) is 7.39. The summed E-state index contributed by atoms with van der Waals surface area (Å²) in [4.78, 5) is 37.9. The van der Waals surface area contributed by atoms with E-state index < -0.39 is 6.10 Å². The highest BCUT2D eigenvalue weighted by atomic mass is 16.6. The first-order chi connectivity index (χ1) is 30.0. The molecule has 354 valence electrons. The minimum atomic E-state index is -0.793. The van der Waals surface area contributed by atoms with Crippen molar-refractivity contribution < 1.29 is 28.6 Å². The summed E-state index contributed by atoms with van der Waals surface area (Å²) >= 11 is 0. The lowest BCUT2D eigenvalue weighted by atomic mass is 10.0. The van der Waals surface area contributed by atoms with Crippen LogP contribution in [0.15, 0.2) is 48.6 Å². The van der Waals surface area contributed by atoms with Crippen LogP contribution in [0.3, 0.4) is 0 Å². The van der Waals surface area contributed by atoms with Crippen LogP contribution in [-0.2, 0) is 28.6 Å². The highest BCUT2D eigenvalue weighted by Gasteiger charge is 2.19. The molecular formula is C55H98O6. The third kappa shape index (κ3) is 48.3. The lowest BCUT2D eigenvalue weighted by Crippen LogP contribution is -2.30. The highest BCUT2D eigenvalue weighted by molar-refractivity contribution is 5.71. The Kier molecular flexibility index (Phi) is 47.9. The summed E-state index contributed by atoms with van der Waals surface area (Å²) in [5, 5.41) is 0. The second kappa shape index (κ2) is 50.0. The molecule has 0 saturated heterocycles. The molecule has 0 aliphatic heterocycles. The van der Waals surface area contributed by atoms with Gasteiger partial charge in [0.25, 0.3) is 0 Å². The molecule has 0 aliphatic carbocycles. The summed E-state index contributed by atoms with van der Waals surface area (Å²) in [6, 6.07) is 0. The van der Waals surface area contributed by atoms with Crippen LogP contribution in [-0.4, -0.2) is 37.2 Å². The molecule has 0 aromatic carbocycles. The quantitative estimate of drug-likeness (QED) is 0.0263. The van der Waals surface area contributed by atoms with E-state index in [1.165, 1.54) is 135 Å². The molecule has 0 N–H and O–H groups in total. The van der Waals surface area contributed by atoms with Crippen LogP contribution in [0, 0.1) is 0 Å². The molecule has 0 aliphatic rings. The molecule has 6 nitrogen and oxygen atoms in total. The number of carbonyl (C=O) groups excluding carboxylic acids is 3. The summed E-state index contributed by atoms with van der Waals surface area (Å²) in [6.07, 6.45) is 59.6. The van der Waals surface area contributed by atoms with E-state index in [-0.39, 0.29) is 31.1 Å². The van der Waals surface area contributed by atoms with Crippen molar-refractivity contribution in [1.82, 2.24) is 0 Å². The Balaban J connectivity index is 4.36. The van der Waals surface area contributed by atoms with Crippen molar-refractivity contribution in [2.24, 2.45) is 0 Å². The van der Waals surface area contributed by atoms with Gasteiger partial charge in [-0.25, -0.2) is 0 Å². The van der Waals surface area contributed by atoms with Crippen molar-refractivity contribution in [1.29, 1.82) is 0 Å². The number of hydrogen-bond donors (Lipinski definition) is 0. The van der Waals surface area contributed by atoms with Gasteiger partial charge in [-0.2, -0.15) is 0 Å². The number of allylic oxidation sites excluding steroid dienone is 8. The van der Waals surface area contributed by atoms with Gasteiger partial charge >= 0.3 is 17.9 Å². The lowest BCUT2D eigenvalue weighted by molar-refractivity contribution is -0.167. The maximum absolute atomic E-state index is 12.8. The van der Waals surface area contributed by atoms with Crippen molar-refractivity contribution in [3.05, 3.63) is 48.6 Å². The summed E-state index contributed by atoms with van der Waals surface area (Å²) in [5.74, 6) is -0.939. The Labute approximate surface area is 378 Å². The lowest BCUT2D eigenvalue weighted by Gasteiger charge is -2.18. The Morgan fingerprint density at radius 3 is 1.07 bits per heavy atom. The van der Waals surface area contributed by atoms with Crippen LogP contribution in [0.4, 0.5) is 0 Å². The van der Waals surface area contributed by atoms with E-state index in [0.717, 1.165) is 89.9 Å². The first-order valence-corrected chi connectivity index (χ1v) is 26.1. The molecule has 0 aromatic rings. The maximum atomic E-state index is 12.8. The van der Waals surface area contributed by atoms with Crippen molar-refractivity contribution in [2.45, 2.75) is 271 Å². The predicted molar refractivity (Wildman–Crippen MR) is 261 cm³/mol. The molecule has 0 spiro atoms. The monoisotopic (exact) mass is 855 g/mol. The Morgan fingerprint density at radius 1 is 0.344 bits per heavy atom. The fourth-order valence-corrected chi connectivity index (χ4v) is 7.39. The van der Waals surface area contributed by atoms with E-state index in [4.69, 9.17) is 14.2 Å². The van der Waals surface area contributed by atoms with Crippen LogP contribution >= 0.6 is 0 Å². The molecule has 1 atom stereocenters. The van der Waals surface area contributed by atoms with Gasteiger partial charge in [0.2, 0.25) is 0 Å². The number of rotatable bonds is 47. The van der Waals surface area contributed by atoms with Crippen LogP contribution in [0.5, 0.6) is 0 Å². The largest absolute Gasteiger partial charge is 0.462 e. The van der Waals surface area contributed by atoms with E-state index in [1.54, 1.807) is 0 Å². The van der Waals surface area contributed by atoms with E-state index in [2.05, 4.69) is 69.4 Å². The Bertz CT molecular complexity index is 1070. The summed E-state index contributed by atoms with van der Waals surface area (Å²) in [5.41, 5.74) is 0. The standard InChI is InChI=1S/C55H98O6/c1-4-7-10-13-16-19-22-25-26-27-28-29-31-33-36-39-42-45-48-54(57)60-51-52(50-59-53(56)47-44-41-38-35-32-24-21-18-15-12-9-6-3)61-55(58)49-46-43-40-37-34-30-23-20-17-14-11-8-5-2/h9,12,18,21,30,32,34-35,52H,4-8,10-11,13-17,19-20,22-29,31,33,36-51H2,1-3H3/b12-9-,21-18-,34-30-,35-32-. The molecule has 61 heavy (non-hydrogen) atoms. The van der Waals surface area contributed by atoms with Crippen molar-refractivity contribution >= 4 is 17.9 Å². The van der Waals surface area contributed by atoms with Gasteiger partial charge in [-0.1, -0.05) is 217 Å². The second-order valence-corrected chi connectivity index (χ2v) is 17.4. The van der Waals surface area contributed by atoms with Gasteiger partial charge in [-0.05, 0) is 77.0 Å². The van der Waals surface area contributed by atoms with E-state index in [9.17, 15) is 14.4 Å². The zero-order valence-corrected chi connectivity index (χ0v) is 40.4. The van der Waals surface area contributed by atoms with Crippen LogP contribution in [0.1, 0.15) is 265 Å². The average molecular weight is 855 g/mol. The summed E-state index contributed by atoms with van der Waals surface area (Å²) in [7, 11) is 0. The van der Waals surface area contributed by atoms with Gasteiger partial charge in [-0.3, -0.25) is 14.4 Å². The molecule has 0 bridgehead atoms. The molecule has 0 amide bonds. The zero-order chi connectivity index (χ0) is 44.4. The van der Waals surface area contributed by atoms with E-state index in [1.807, 2.05) is 0 Å². The molecule has 0 heterocycles. The average Bonchev–Trinajstić information content (AvgIpc) is 3.26. The Hall–Kier alpha value is -2.63. The fraction of sp³-hybridized carbons (Fsp3) is 0.800. The van der Waals surface area contributed by atoms with Gasteiger partial charge in [0.1, 0.15) is 13.2 Å². The third-order valence-corrected chi connectivity index (χ3v) is 11.3. The molecule has 0 radical (unpaired) electrons. The molecule has 1 unspecified atom stereocenters. The normalized spacial score (nSPS) is 12.4. The topological polar surface area (TPSA) is 78.9 Å². The van der Waals surface area contributed by atoms with Crippen LogP contribution < -0.4 is 0 Å². The first-order valence-electron chi connectivity index (χ1n) is 26.1. The molecule has 6 heteroatoms. The smallest absolute Gasteiger partial charge is 0.306 e. The molecular weight excluding hydrogens is 757 g/mol. The van der Waals surface area contributed by atoms with Crippen molar-refractivity contribution in [2.75, 3.05) is 13.2 Å². The van der Waals surface area contributed by atoms with Gasteiger partial charge < -0.3 is 14.2 Å². The van der Waals surface area contributed by atoms with Gasteiger partial charge in [0.05, 0.1) is 0 Å². The third-order valence-electron chi connectivity index (χ3n) is 11.3. The van der Waals surface area contributed by atoms with Crippen LogP contribution in [0.25, 0.3) is 0 Å². The number of unbranched alkanes of at least 4 members (excludes halogenated alkanes) is 28. The minimum absolute atomic E-state index is 0.0889. The second-order valence-electron chi connectivity index (χ2n) is 17.4.